The average molecular weight is 304 g/mol. The van der Waals surface area contributed by atoms with Crippen LogP contribution in [0.2, 0.25) is 0 Å². The molecule has 0 spiro atoms. The van der Waals surface area contributed by atoms with Gasteiger partial charge in [0.25, 0.3) is 5.91 Å². The second-order valence-electron chi connectivity index (χ2n) is 4.39. The maximum atomic E-state index is 12.2. The van der Waals surface area contributed by atoms with Gasteiger partial charge in [0.1, 0.15) is 4.90 Å². The summed E-state index contributed by atoms with van der Waals surface area (Å²) in [6, 6.07) is 0. The number of amides is 1. The zero-order valence-electron chi connectivity index (χ0n) is 11.8. The molecule has 0 radical (unpaired) electrons. The molecule has 20 heavy (non-hydrogen) atoms. The summed E-state index contributed by atoms with van der Waals surface area (Å²) in [6.07, 6.45) is 1.16. The SMILES string of the molecule is CCCc1[nH]nc(C(=O)N(C)CCOC)c1S(N)(=O)=O. The average Bonchev–Trinajstić information content (AvgIpc) is 2.79. The number of aryl methyl sites for hydroxylation is 1. The number of nitrogens with one attached hydrogen (secondary N) is 1. The van der Waals surface area contributed by atoms with Crippen molar-refractivity contribution in [2.75, 3.05) is 27.3 Å². The zero-order valence-corrected chi connectivity index (χ0v) is 12.7. The van der Waals surface area contributed by atoms with E-state index >= 15 is 0 Å². The third-order valence-electron chi connectivity index (χ3n) is 2.76. The Bertz CT molecular complexity index is 567. The van der Waals surface area contributed by atoms with Gasteiger partial charge in [0, 0.05) is 20.7 Å². The Hall–Kier alpha value is -1.45. The number of aromatic amines is 1. The number of rotatable bonds is 7. The van der Waals surface area contributed by atoms with Crippen LogP contribution in [0.15, 0.2) is 4.90 Å². The number of H-pyrrole nitrogens is 1. The first-order valence-electron chi connectivity index (χ1n) is 6.17. The van der Waals surface area contributed by atoms with Gasteiger partial charge in [-0.3, -0.25) is 9.89 Å². The summed E-state index contributed by atoms with van der Waals surface area (Å²) in [5.41, 5.74) is 0.188. The van der Waals surface area contributed by atoms with Crippen LogP contribution in [-0.2, 0) is 21.2 Å². The van der Waals surface area contributed by atoms with E-state index in [2.05, 4.69) is 10.2 Å². The minimum absolute atomic E-state index is 0.172. The van der Waals surface area contributed by atoms with Crippen molar-refractivity contribution in [1.29, 1.82) is 0 Å². The number of aromatic nitrogens is 2. The van der Waals surface area contributed by atoms with Gasteiger partial charge in [0.15, 0.2) is 5.69 Å². The number of hydrogen-bond acceptors (Lipinski definition) is 5. The molecule has 0 atom stereocenters. The molecule has 114 valence electrons. The number of nitrogens with two attached hydrogens (primary N) is 1. The van der Waals surface area contributed by atoms with Crippen molar-refractivity contribution in [3.63, 3.8) is 0 Å². The smallest absolute Gasteiger partial charge is 0.275 e. The van der Waals surface area contributed by atoms with Crippen molar-refractivity contribution in [2.45, 2.75) is 24.7 Å². The van der Waals surface area contributed by atoms with E-state index in [0.29, 0.717) is 31.7 Å². The number of ether oxygens (including phenoxy) is 1. The van der Waals surface area contributed by atoms with Gasteiger partial charge in [0.05, 0.1) is 12.3 Å². The van der Waals surface area contributed by atoms with Gasteiger partial charge in [-0.1, -0.05) is 13.3 Å². The highest BCUT2D eigenvalue weighted by atomic mass is 32.2. The summed E-state index contributed by atoms with van der Waals surface area (Å²) >= 11 is 0. The molecule has 1 aromatic heterocycles. The molecule has 0 bridgehead atoms. The lowest BCUT2D eigenvalue weighted by atomic mass is 10.2. The van der Waals surface area contributed by atoms with E-state index in [-0.39, 0.29) is 10.6 Å². The summed E-state index contributed by atoms with van der Waals surface area (Å²) in [5, 5.41) is 11.6. The van der Waals surface area contributed by atoms with E-state index in [1.807, 2.05) is 6.92 Å². The van der Waals surface area contributed by atoms with E-state index in [1.165, 1.54) is 12.0 Å². The maximum Gasteiger partial charge on any atom is 0.275 e. The van der Waals surface area contributed by atoms with E-state index in [4.69, 9.17) is 9.88 Å². The number of carbonyl (C=O) groups excluding carboxylic acids is 1. The third kappa shape index (κ3) is 3.78. The Kier molecular flexibility index (Phi) is 5.66. The number of nitrogens with zero attached hydrogens (tertiary/aromatic N) is 2. The van der Waals surface area contributed by atoms with Gasteiger partial charge in [-0.2, -0.15) is 5.10 Å². The summed E-state index contributed by atoms with van der Waals surface area (Å²) in [4.78, 5) is 13.3. The molecule has 9 heteroatoms. The lowest BCUT2D eigenvalue weighted by Crippen LogP contribution is -2.31. The Balaban J connectivity index is 3.15. The van der Waals surface area contributed by atoms with Crippen molar-refractivity contribution in [2.24, 2.45) is 5.14 Å². The van der Waals surface area contributed by atoms with Crippen LogP contribution in [0, 0.1) is 0 Å². The molecule has 8 nitrogen and oxygen atoms in total. The fourth-order valence-electron chi connectivity index (χ4n) is 1.75. The molecule has 1 heterocycles. The second-order valence-corrected chi connectivity index (χ2v) is 5.89. The highest BCUT2D eigenvalue weighted by Gasteiger charge is 2.28. The molecule has 0 saturated heterocycles. The Labute approximate surface area is 118 Å². The molecule has 3 N–H and O–H groups in total. The Morgan fingerprint density at radius 2 is 2.15 bits per heavy atom. The van der Waals surface area contributed by atoms with Crippen molar-refractivity contribution >= 4 is 15.9 Å². The summed E-state index contributed by atoms with van der Waals surface area (Å²) in [5.74, 6) is -0.510. The molecule has 1 aromatic rings. The van der Waals surface area contributed by atoms with Crippen LogP contribution in [0.1, 0.15) is 29.5 Å². The number of likely N-dealkylation sites (N-methyl/N-ethyl adjacent to an activating group) is 1. The monoisotopic (exact) mass is 304 g/mol. The largest absolute Gasteiger partial charge is 0.383 e. The fraction of sp³-hybridized carbons (Fsp3) is 0.636. The van der Waals surface area contributed by atoms with Gasteiger partial charge in [0.2, 0.25) is 10.0 Å². The van der Waals surface area contributed by atoms with Crippen LogP contribution < -0.4 is 5.14 Å². The van der Waals surface area contributed by atoms with Crippen LogP contribution in [0.25, 0.3) is 0 Å². The lowest BCUT2D eigenvalue weighted by molar-refractivity contribution is 0.0735. The molecule has 0 aliphatic rings. The van der Waals surface area contributed by atoms with Crippen molar-refractivity contribution in [3.8, 4) is 0 Å². The van der Waals surface area contributed by atoms with Crippen LogP contribution in [0.4, 0.5) is 0 Å². The third-order valence-corrected chi connectivity index (χ3v) is 3.77. The molecular weight excluding hydrogens is 284 g/mol. The number of sulfonamides is 1. The quantitative estimate of drug-likeness (QED) is 0.718. The van der Waals surface area contributed by atoms with E-state index in [0.717, 1.165) is 0 Å². The lowest BCUT2D eigenvalue weighted by Gasteiger charge is -2.15. The standard InChI is InChI=1S/C11H20N4O4S/c1-4-5-8-10(20(12,17)18)9(14-13-8)11(16)15(2)6-7-19-3/h4-7H2,1-3H3,(H,13,14)(H2,12,17,18). The van der Waals surface area contributed by atoms with Crippen molar-refractivity contribution in [3.05, 3.63) is 11.4 Å². The van der Waals surface area contributed by atoms with E-state index in [1.54, 1.807) is 7.05 Å². The zero-order chi connectivity index (χ0) is 15.3. The van der Waals surface area contributed by atoms with Gasteiger partial charge >= 0.3 is 0 Å². The van der Waals surface area contributed by atoms with Crippen LogP contribution in [0.5, 0.6) is 0 Å². The van der Waals surface area contributed by atoms with Gasteiger partial charge < -0.3 is 9.64 Å². The molecule has 0 fully saturated rings. The topological polar surface area (TPSA) is 118 Å². The van der Waals surface area contributed by atoms with Gasteiger partial charge in [-0.15, -0.1) is 0 Å². The predicted molar refractivity (Wildman–Crippen MR) is 72.8 cm³/mol. The predicted octanol–water partition coefficient (Wildman–Crippen LogP) is -0.272. The fourth-order valence-corrected chi connectivity index (χ4v) is 2.64. The molecule has 0 unspecified atom stereocenters. The molecule has 0 aromatic carbocycles. The minimum atomic E-state index is -4.01. The summed E-state index contributed by atoms with van der Waals surface area (Å²) in [7, 11) is -0.955. The highest BCUT2D eigenvalue weighted by molar-refractivity contribution is 7.89. The number of carbonyl (C=O) groups is 1. The first-order chi connectivity index (χ1) is 9.32. The summed E-state index contributed by atoms with van der Waals surface area (Å²) in [6.45, 7) is 2.56. The maximum absolute atomic E-state index is 12.2. The molecule has 0 saturated carbocycles. The number of methoxy groups -OCH3 is 1. The molecule has 1 rings (SSSR count). The van der Waals surface area contributed by atoms with Gasteiger partial charge in [-0.05, 0) is 6.42 Å². The number of primary sulfonamides is 1. The van der Waals surface area contributed by atoms with Crippen LogP contribution in [-0.4, -0.2) is 56.7 Å². The molecule has 0 aliphatic carbocycles. The Morgan fingerprint density at radius 1 is 1.50 bits per heavy atom. The Morgan fingerprint density at radius 3 is 2.65 bits per heavy atom. The van der Waals surface area contributed by atoms with E-state index < -0.39 is 15.9 Å². The normalized spacial score (nSPS) is 11.6. The van der Waals surface area contributed by atoms with Crippen LogP contribution >= 0.6 is 0 Å². The van der Waals surface area contributed by atoms with E-state index in [9.17, 15) is 13.2 Å². The van der Waals surface area contributed by atoms with Gasteiger partial charge in [-0.25, -0.2) is 13.6 Å². The van der Waals surface area contributed by atoms with Crippen molar-refractivity contribution < 1.29 is 17.9 Å². The second kappa shape index (κ2) is 6.82. The minimum Gasteiger partial charge on any atom is -0.383 e. The van der Waals surface area contributed by atoms with Crippen molar-refractivity contribution in [1.82, 2.24) is 15.1 Å². The highest BCUT2D eigenvalue weighted by Crippen LogP contribution is 2.19. The first-order valence-corrected chi connectivity index (χ1v) is 7.72. The number of hydrogen-bond donors (Lipinski definition) is 2. The summed E-state index contributed by atoms with van der Waals surface area (Å²) < 4.78 is 28.2. The molecule has 0 aliphatic heterocycles. The molecule has 1 amide bonds. The molecular formula is C11H20N4O4S. The first kappa shape index (κ1) is 16.6. The van der Waals surface area contributed by atoms with Crippen LogP contribution in [0.3, 0.4) is 0 Å².